The fourth-order valence-corrected chi connectivity index (χ4v) is 4.61. The molecule has 1 aromatic rings. The molecule has 12 nitrogen and oxygen atoms in total. The van der Waals surface area contributed by atoms with Crippen molar-refractivity contribution in [3.8, 4) is 5.75 Å². The Labute approximate surface area is 268 Å². The largest absolute Gasteiger partial charge is 0.497 e. The van der Waals surface area contributed by atoms with Gasteiger partial charge in [0.05, 0.1) is 20.8 Å². The first kappa shape index (κ1) is 40.9. The average Bonchev–Trinajstić information content (AvgIpc) is 3.02. The number of esters is 1. The highest BCUT2D eigenvalue weighted by molar-refractivity contribution is 5.94. The van der Waals surface area contributed by atoms with Crippen molar-refractivity contribution in [1.29, 1.82) is 0 Å². The molecule has 0 fully saturated rings. The maximum atomic E-state index is 14.0. The highest BCUT2D eigenvalue weighted by Crippen LogP contribution is 2.23. The monoisotopic (exact) mass is 686 g/mol. The van der Waals surface area contributed by atoms with Crippen LogP contribution in [-0.4, -0.2) is 142 Å². The summed E-state index contributed by atoms with van der Waals surface area (Å²) in [6.07, 6.45) is -10.8. The van der Waals surface area contributed by atoms with Gasteiger partial charge in [-0.1, -0.05) is 12.1 Å². The van der Waals surface area contributed by atoms with Gasteiger partial charge in [0.15, 0.2) is 0 Å². The fourth-order valence-electron chi connectivity index (χ4n) is 4.61. The molecular formula is C29H40F6N4O8. The van der Waals surface area contributed by atoms with E-state index < -0.39 is 66.7 Å². The Morgan fingerprint density at radius 2 is 1.21 bits per heavy atom. The molecule has 18 heteroatoms. The third-order valence-corrected chi connectivity index (χ3v) is 7.43. The molecule has 266 valence electrons. The van der Waals surface area contributed by atoms with Crippen molar-refractivity contribution in [2.24, 2.45) is 0 Å². The lowest BCUT2D eigenvalue weighted by Crippen LogP contribution is -2.59. The number of unbranched alkanes of at least 4 members (excludes halogenated alkanes) is 1. The topological polar surface area (TPSA) is 126 Å². The third-order valence-electron chi connectivity index (χ3n) is 7.43. The van der Waals surface area contributed by atoms with Crippen LogP contribution in [0.1, 0.15) is 24.8 Å². The van der Waals surface area contributed by atoms with Gasteiger partial charge in [-0.15, -0.1) is 0 Å². The number of carbonyl (C=O) groups is 5. The molecule has 0 aliphatic carbocycles. The lowest BCUT2D eigenvalue weighted by molar-refractivity contribution is -0.188. The second-order valence-corrected chi connectivity index (χ2v) is 10.6. The van der Waals surface area contributed by atoms with Gasteiger partial charge in [-0.2, -0.15) is 26.3 Å². The van der Waals surface area contributed by atoms with Crippen LogP contribution in [0.15, 0.2) is 24.3 Å². The average molecular weight is 687 g/mol. The van der Waals surface area contributed by atoms with Crippen LogP contribution in [0.5, 0.6) is 5.75 Å². The lowest BCUT2D eigenvalue weighted by atomic mass is 10.0. The summed E-state index contributed by atoms with van der Waals surface area (Å²) in [7, 11) is 7.66. The molecule has 0 spiro atoms. The van der Waals surface area contributed by atoms with Gasteiger partial charge in [0, 0.05) is 48.3 Å². The standard InChI is InChI=1S/C29H40F6N4O8/c1-36(26(43)28(30,31)32)15-9-8-10-20(37(2)24(41)22(17-45-5)39(4)27(44)29(33,34)35)23(40)38(3)21(25(42)47-7)16-18-11-13-19(46-6)14-12-18/h11-14,20-22H,8-10,15-17H2,1-7H3. The molecule has 47 heavy (non-hydrogen) atoms. The highest BCUT2D eigenvalue weighted by atomic mass is 19.4. The van der Waals surface area contributed by atoms with Crippen molar-refractivity contribution in [1.82, 2.24) is 19.6 Å². The van der Waals surface area contributed by atoms with Crippen molar-refractivity contribution < 1.29 is 64.5 Å². The molecule has 1 aromatic carbocycles. The minimum Gasteiger partial charge on any atom is -0.497 e. The van der Waals surface area contributed by atoms with Gasteiger partial charge in [0.2, 0.25) is 11.8 Å². The molecule has 3 unspecified atom stereocenters. The van der Waals surface area contributed by atoms with Crippen LogP contribution in [0.3, 0.4) is 0 Å². The Balaban J connectivity index is 3.42. The molecule has 0 heterocycles. The van der Waals surface area contributed by atoms with Gasteiger partial charge in [0.25, 0.3) is 0 Å². The number of methoxy groups -OCH3 is 3. The molecule has 0 radical (unpaired) electrons. The van der Waals surface area contributed by atoms with Crippen LogP contribution < -0.4 is 4.74 Å². The number of amides is 4. The molecule has 1 rings (SSSR count). The number of benzene rings is 1. The highest BCUT2D eigenvalue weighted by Gasteiger charge is 2.46. The van der Waals surface area contributed by atoms with Gasteiger partial charge in [-0.3, -0.25) is 19.2 Å². The summed E-state index contributed by atoms with van der Waals surface area (Å²) < 4.78 is 92.9. The van der Waals surface area contributed by atoms with Crippen molar-refractivity contribution in [2.45, 2.75) is 56.2 Å². The molecule has 0 bridgehead atoms. The Morgan fingerprint density at radius 1 is 0.702 bits per heavy atom. The number of rotatable bonds is 16. The smallest absolute Gasteiger partial charge is 0.471 e. The molecule has 0 aliphatic heterocycles. The Morgan fingerprint density at radius 3 is 1.68 bits per heavy atom. The van der Waals surface area contributed by atoms with Crippen LogP contribution in [0.25, 0.3) is 0 Å². The molecular weight excluding hydrogens is 646 g/mol. The zero-order valence-corrected chi connectivity index (χ0v) is 27.1. The van der Waals surface area contributed by atoms with E-state index in [1.807, 2.05) is 0 Å². The summed E-state index contributed by atoms with van der Waals surface area (Å²) in [6.45, 7) is -1.05. The minimum atomic E-state index is -5.33. The van der Waals surface area contributed by atoms with Crippen molar-refractivity contribution in [3.63, 3.8) is 0 Å². The lowest BCUT2D eigenvalue weighted by Gasteiger charge is -2.37. The van der Waals surface area contributed by atoms with Crippen molar-refractivity contribution in [2.75, 3.05) is 62.7 Å². The number of halogens is 6. The SMILES string of the molecule is COCC(C(=O)N(C)C(CCCCN(C)C(=O)C(F)(F)F)C(=O)N(C)C(Cc1ccc(OC)cc1)C(=O)OC)N(C)C(=O)C(F)(F)F. The van der Waals surface area contributed by atoms with Gasteiger partial charge in [0.1, 0.15) is 23.9 Å². The number of hydrogen-bond donors (Lipinski definition) is 0. The summed E-state index contributed by atoms with van der Waals surface area (Å²) >= 11 is 0. The van der Waals surface area contributed by atoms with Crippen molar-refractivity contribution >= 4 is 29.6 Å². The summed E-state index contributed by atoms with van der Waals surface area (Å²) in [5, 5.41) is 0. The predicted octanol–water partition coefficient (Wildman–Crippen LogP) is 2.29. The van der Waals surface area contributed by atoms with E-state index in [-0.39, 0.29) is 37.1 Å². The maximum absolute atomic E-state index is 14.0. The third kappa shape index (κ3) is 11.6. The van der Waals surface area contributed by atoms with E-state index in [0.717, 1.165) is 45.2 Å². The van der Waals surface area contributed by atoms with Crippen LogP contribution in [0.4, 0.5) is 26.3 Å². The molecule has 0 saturated carbocycles. The second kappa shape index (κ2) is 17.7. The van der Waals surface area contributed by atoms with Crippen LogP contribution in [-0.2, 0) is 39.9 Å². The Hall–Kier alpha value is -4.09. The molecule has 0 aromatic heterocycles. The Bertz CT molecular complexity index is 1230. The zero-order chi connectivity index (χ0) is 36.3. The molecule has 0 saturated heterocycles. The quantitative estimate of drug-likeness (QED) is 0.147. The zero-order valence-electron chi connectivity index (χ0n) is 27.1. The Kier molecular flexibility index (Phi) is 15.4. The van der Waals surface area contributed by atoms with E-state index in [1.54, 1.807) is 24.3 Å². The molecule has 4 amide bonds. The van der Waals surface area contributed by atoms with Crippen LogP contribution in [0.2, 0.25) is 0 Å². The van der Waals surface area contributed by atoms with E-state index >= 15 is 0 Å². The van der Waals surface area contributed by atoms with Crippen LogP contribution in [0, 0.1) is 0 Å². The van der Waals surface area contributed by atoms with E-state index in [1.165, 1.54) is 14.2 Å². The van der Waals surface area contributed by atoms with E-state index in [2.05, 4.69) is 0 Å². The second-order valence-electron chi connectivity index (χ2n) is 10.6. The first-order chi connectivity index (χ1) is 21.7. The first-order valence-corrected chi connectivity index (χ1v) is 14.1. The first-order valence-electron chi connectivity index (χ1n) is 14.1. The van der Waals surface area contributed by atoms with Gasteiger partial charge >= 0.3 is 30.1 Å². The predicted molar refractivity (Wildman–Crippen MR) is 154 cm³/mol. The van der Waals surface area contributed by atoms with Crippen LogP contribution >= 0.6 is 0 Å². The molecule has 0 aliphatic rings. The van der Waals surface area contributed by atoms with Crippen molar-refractivity contribution in [3.05, 3.63) is 29.8 Å². The number of nitrogens with zero attached hydrogens (tertiary/aromatic N) is 4. The van der Waals surface area contributed by atoms with E-state index in [0.29, 0.717) is 16.2 Å². The number of alkyl halides is 6. The molecule has 0 N–H and O–H groups in total. The van der Waals surface area contributed by atoms with Gasteiger partial charge in [-0.25, -0.2) is 4.79 Å². The number of carbonyl (C=O) groups excluding carboxylic acids is 5. The fraction of sp³-hybridized carbons (Fsp3) is 0.621. The normalized spacial score (nSPS) is 13.6. The minimum absolute atomic E-state index is 0.0367. The van der Waals surface area contributed by atoms with E-state index in [9.17, 15) is 50.3 Å². The molecule has 3 atom stereocenters. The summed E-state index contributed by atoms with van der Waals surface area (Å²) in [5.41, 5.74) is 0.589. The number of ether oxygens (including phenoxy) is 3. The van der Waals surface area contributed by atoms with Gasteiger partial charge in [-0.05, 0) is 37.0 Å². The number of hydrogen-bond acceptors (Lipinski definition) is 8. The maximum Gasteiger partial charge on any atom is 0.471 e. The van der Waals surface area contributed by atoms with E-state index in [4.69, 9.17) is 14.2 Å². The van der Waals surface area contributed by atoms with Gasteiger partial charge < -0.3 is 33.8 Å². The summed E-state index contributed by atoms with van der Waals surface area (Å²) in [6, 6.07) is 1.97. The summed E-state index contributed by atoms with van der Waals surface area (Å²) in [5.74, 6) is -6.71. The number of likely N-dealkylation sites (N-methyl/N-ethyl adjacent to an activating group) is 3. The summed E-state index contributed by atoms with van der Waals surface area (Å²) in [4.78, 5) is 66.1.